The molecule has 1 aromatic carbocycles. The van der Waals surface area contributed by atoms with Crippen molar-refractivity contribution in [3.05, 3.63) is 29.3 Å². The standard InChI is InChI=1S/C19H22N2O3S/c22-18(21-10-13(12-8-9-12)14(11-21)19(23)24)7-3-6-17-20-15-4-1-2-5-16(15)25-17/h1-2,4-5,12-14H,3,6-11H2,(H,23,24)/t13-,14+/m1/s1. The van der Waals surface area contributed by atoms with E-state index in [1.165, 1.54) is 4.70 Å². The number of carboxylic acid groups (broad SMARTS) is 1. The van der Waals surface area contributed by atoms with Crippen molar-refractivity contribution in [2.45, 2.75) is 32.1 Å². The maximum absolute atomic E-state index is 12.5. The Labute approximate surface area is 150 Å². The molecule has 4 rings (SSSR count). The van der Waals surface area contributed by atoms with Crippen LogP contribution < -0.4 is 0 Å². The zero-order chi connectivity index (χ0) is 17.4. The Hall–Kier alpha value is -1.95. The summed E-state index contributed by atoms with van der Waals surface area (Å²) in [5.41, 5.74) is 1.02. The molecule has 1 N–H and O–H groups in total. The second-order valence-corrected chi connectivity index (χ2v) is 8.29. The quantitative estimate of drug-likeness (QED) is 0.861. The molecule has 5 nitrogen and oxygen atoms in total. The van der Waals surface area contributed by atoms with Gasteiger partial charge in [-0.05, 0) is 49.7 Å². The van der Waals surface area contributed by atoms with E-state index in [4.69, 9.17) is 0 Å². The predicted molar refractivity (Wildman–Crippen MR) is 96.5 cm³/mol. The van der Waals surface area contributed by atoms with Crippen LogP contribution in [0.25, 0.3) is 10.2 Å². The summed E-state index contributed by atoms with van der Waals surface area (Å²) >= 11 is 1.68. The van der Waals surface area contributed by atoms with E-state index in [0.717, 1.165) is 36.2 Å². The minimum absolute atomic E-state index is 0.0931. The molecule has 1 saturated heterocycles. The number of rotatable bonds is 6. The first-order chi connectivity index (χ1) is 12.1. The molecule has 132 valence electrons. The lowest BCUT2D eigenvalue weighted by Gasteiger charge is -2.16. The van der Waals surface area contributed by atoms with Crippen LogP contribution in [0, 0.1) is 17.8 Å². The van der Waals surface area contributed by atoms with Gasteiger partial charge in [0.25, 0.3) is 0 Å². The third kappa shape index (κ3) is 3.54. The van der Waals surface area contributed by atoms with Crippen LogP contribution in [-0.2, 0) is 16.0 Å². The van der Waals surface area contributed by atoms with Crippen molar-refractivity contribution < 1.29 is 14.7 Å². The summed E-state index contributed by atoms with van der Waals surface area (Å²) < 4.78 is 1.18. The van der Waals surface area contributed by atoms with Gasteiger partial charge in [-0.3, -0.25) is 9.59 Å². The van der Waals surface area contributed by atoms with E-state index in [9.17, 15) is 14.7 Å². The van der Waals surface area contributed by atoms with Gasteiger partial charge in [-0.1, -0.05) is 12.1 Å². The number of aliphatic carboxylic acids is 1. The highest BCUT2D eigenvalue weighted by molar-refractivity contribution is 7.18. The lowest BCUT2D eigenvalue weighted by molar-refractivity contribution is -0.142. The van der Waals surface area contributed by atoms with Gasteiger partial charge in [-0.2, -0.15) is 0 Å². The first-order valence-corrected chi connectivity index (χ1v) is 9.78. The van der Waals surface area contributed by atoms with Gasteiger partial charge in [-0.15, -0.1) is 11.3 Å². The molecule has 25 heavy (non-hydrogen) atoms. The maximum atomic E-state index is 12.5. The molecule has 2 aliphatic rings. The molecule has 2 aromatic rings. The average molecular weight is 358 g/mol. The van der Waals surface area contributed by atoms with Crippen molar-refractivity contribution in [3.63, 3.8) is 0 Å². The van der Waals surface area contributed by atoms with Gasteiger partial charge in [0.15, 0.2) is 0 Å². The number of hydrogen-bond acceptors (Lipinski definition) is 4. The van der Waals surface area contributed by atoms with Crippen molar-refractivity contribution >= 4 is 33.4 Å². The summed E-state index contributed by atoms with van der Waals surface area (Å²) in [6.07, 6.45) is 4.27. The summed E-state index contributed by atoms with van der Waals surface area (Å²) in [7, 11) is 0. The Bertz CT molecular complexity index is 766. The molecule has 0 bridgehead atoms. The molecule has 2 heterocycles. The lowest BCUT2D eigenvalue weighted by atomic mass is 9.92. The topological polar surface area (TPSA) is 70.5 Å². The Morgan fingerprint density at radius 3 is 2.76 bits per heavy atom. The van der Waals surface area contributed by atoms with Crippen LogP contribution in [0.1, 0.15) is 30.7 Å². The van der Waals surface area contributed by atoms with Crippen molar-refractivity contribution in [3.8, 4) is 0 Å². The fraction of sp³-hybridized carbons (Fsp3) is 0.526. The highest BCUT2D eigenvalue weighted by Gasteiger charge is 2.46. The van der Waals surface area contributed by atoms with Gasteiger partial charge < -0.3 is 10.0 Å². The van der Waals surface area contributed by atoms with Crippen LogP contribution in [0.4, 0.5) is 0 Å². The number of nitrogens with zero attached hydrogens (tertiary/aromatic N) is 2. The number of fused-ring (bicyclic) bond motifs is 1. The number of para-hydroxylation sites is 1. The molecule has 1 aliphatic carbocycles. The first kappa shape index (κ1) is 16.5. The molecular weight excluding hydrogens is 336 g/mol. The smallest absolute Gasteiger partial charge is 0.308 e. The number of hydrogen-bond donors (Lipinski definition) is 1. The van der Waals surface area contributed by atoms with Crippen LogP contribution in [0.5, 0.6) is 0 Å². The number of carbonyl (C=O) groups excluding carboxylic acids is 1. The number of benzene rings is 1. The van der Waals surface area contributed by atoms with Crippen LogP contribution in [0.3, 0.4) is 0 Å². The fourth-order valence-electron chi connectivity index (χ4n) is 3.87. The van der Waals surface area contributed by atoms with Crippen LogP contribution in [0.15, 0.2) is 24.3 Å². The molecule has 1 aromatic heterocycles. The van der Waals surface area contributed by atoms with Crippen molar-refractivity contribution in [1.29, 1.82) is 0 Å². The minimum Gasteiger partial charge on any atom is -0.481 e. The molecule has 1 amide bonds. The van der Waals surface area contributed by atoms with Crippen molar-refractivity contribution in [2.24, 2.45) is 17.8 Å². The number of carboxylic acids is 1. The van der Waals surface area contributed by atoms with Gasteiger partial charge in [0.05, 0.1) is 21.1 Å². The minimum atomic E-state index is -0.748. The summed E-state index contributed by atoms with van der Waals surface area (Å²) in [4.78, 5) is 30.3. The van der Waals surface area contributed by atoms with Crippen molar-refractivity contribution in [1.82, 2.24) is 9.88 Å². The number of likely N-dealkylation sites (tertiary alicyclic amines) is 1. The van der Waals surface area contributed by atoms with E-state index in [0.29, 0.717) is 25.4 Å². The summed E-state index contributed by atoms with van der Waals surface area (Å²) in [6, 6.07) is 8.07. The highest BCUT2D eigenvalue weighted by Crippen LogP contribution is 2.44. The molecule has 0 unspecified atom stereocenters. The van der Waals surface area contributed by atoms with E-state index in [1.54, 1.807) is 16.2 Å². The Kier molecular flexibility index (Phi) is 4.46. The van der Waals surface area contributed by atoms with Crippen LogP contribution >= 0.6 is 11.3 Å². The van der Waals surface area contributed by atoms with E-state index in [2.05, 4.69) is 11.1 Å². The number of aryl methyl sites for hydroxylation is 1. The lowest BCUT2D eigenvalue weighted by Crippen LogP contribution is -2.29. The van der Waals surface area contributed by atoms with Crippen molar-refractivity contribution in [2.75, 3.05) is 13.1 Å². The molecule has 0 spiro atoms. The molecule has 0 radical (unpaired) electrons. The predicted octanol–water partition coefficient (Wildman–Crippen LogP) is 3.19. The molecular formula is C19H22N2O3S. The van der Waals surface area contributed by atoms with Gasteiger partial charge in [0, 0.05) is 19.5 Å². The van der Waals surface area contributed by atoms with Gasteiger partial charge in [-0.25, -0.2) is 4.98 Å². The van der Waals surface area contributed by atoms with E-state index >= 15 is 0 Å². The number of amides is 1. The number of carbonyl (C=O) groups is 2. The molecule has 6 heteroatoms. The van der Waals surface area contributed by atoms with Crippen LogP contribution in [-0.4, -0.2) is 40.0 Å². The zero-order valence-electron chi connectivity index (χ0n) is 14.1. The molecule has 1 saturated carbocycles. The Balaban J connectivity index is 1.30. The Morgan fingerprint density at radius 2 is 2.04 bits per heavy atom. The normalized spacial score (nSPS) is 23.3. The average Bonchev–Trinajstić information content (AvgIpc) is 3.20. The van der Waals surface area contributed by atoms with Gasteiger partial charge in [0.1, 0.15) is 0 Å². The summed E-state index contributed by atoms with van der Waals surface area (Å²) in [5.74, 6) is -0.356. The third-order valence-corrected chi connectivity index (χ3v) is 6.48. The Morgan fingerprint density at radius 1 is 1.24 bits per heavy atom. The largest absolute Gasteiger partial charge is 0.481 e. The second-order valence-electron chi connectivity index (χ2n) is 7.17. The first-order valence-electron chi connectivity index (χ1n) is 8.97. The van der Waals surface area contributed by atoms with E-state index < -0.39 is 5.97 Å². The molecule has 2 fully saturated rings. The third-order valence-electron chi connectivity index (χ3n) is 5.38. The molecule has 2 atom stereocenters. The SMILES string of the molecule is O=C(O)[C@H]1CN(C(=O)CCCc2nc3ccccc3s2)C[C@@H]1C1CC1. The highest BCUT2D eigenvalue weighted by atomic mass is 32.1. The van der Waals surface area contributed by atoms with Gasteiger partial charge >= 0.3 is 5.97 Å². The van der Waals surface area contributed by atoms with E-state index in [-0.39, 0.29) is 17.7 Å². The number of thiazole rings is 1. The summed E-state index contributed by atoms with van der Waals surface area (Å²) in [6.45, 7) is 1.01. The van der Waals surface area contributed by atoms with Gasteiger partial charge in [0.2, 0.25) is 5.91 Å². The zero-order valence-corrected chi connectivity index (χ0v) is 14.9. The molecule has 1 aliphatic heterocycles. The fourth-order valence-corrected chi connectivity index (χ4v) is 4.88. The second kappa shape index (κ2) is 6.75. The van der Waals surface area contributed by atoms with Crippen LogP contribution in [0.2, 0.25) is 0 Å². The van der Waals surface area contributed by atoms with E-state index in [1.807, 2.05) is 18.2 Å². The maximum Gasteiger partial charge on any atom is 0.308 e. The summed E-state index contributed by atoms with van der Waals surface area (Å²) in [5, 5.41) is 10.5. The number of aromatic nitrogens is 1. The monoisotopic (exact) mass is 358 g/mol.